The van der Waals surface area contributed by atoms with E-state index in [4.69, 9.17) is 4.74 Å². The number of carboxylic acids is 1. The largest absolute Gasteiger partial charge is 0.761 e. The number of hydrogen-bond acceptors (Lipinski definition) is 8. The number of amides is 1. The van der Waals surface area contributed by atoms with Crippen LogP contribution in [-0.2, 0) is 14.3 Å². The van der Waals surface area contributed by atoms with Gasteiger partial charge in [-0.1, -0.05) is 0 Å². The number of thioether (sulfide) groups is 1. The number of carbonyl (C=O) groups excluding carboxylic acids is 2. The minimum absolute atomic E-state index is 0.0624. The van der Waals surface area contributed by atoms with Crippen LogP contribution in [0.1, 0.15) is 31.1 Å². The van der Waals surface area contributed by atoms with Crippen LogP contribution in [0.3, 0.4) is 0 Å². The lowest BCUT2D eigenvalue weighted by Crippen LogP contribution is -2.44. The molecule has 11 heteroatoms. The van der Waals surface area contributed by atoms with E-state index in [1.807, 2.05) is 0 Å². The van der Waals surface area contributed by atoms with Gasteiger partial charge in [-0.15, -0.1) is 11.8 Å². The predicted octanol–water partition coefficient (Wildman–Crippen LogP) is 2.59. The van der Waals surface area contributed by atoms with E-state index in [1.54, 1.807) is 20.8 Å². The summed E-state index contributed by atoms with van der Waals surface area (Å²) in [7, 11) is 1.06. The van der Waals surface area contributed by atoms with Gasteiger partial charge in [-0.25, -0.2) is 18.8 Å². The van der Waals surface area contributed by atoms with Crippen LogP contribution in [0, 0.1) is 11.0 Å². The number of aliphatic carboxylic acids is 1. The van der Waals surface area contributed by atoms with Crippen molar-refractivity contribution in [2.75, 3.05) is 18.3 Å². The number of benzene rings is 1. The van der Waals surface area contributed by atoms with Crippen LogP contribution < -0.4 is 10.8 Å². The number of carbonyl (C=O) groups is 3. The third kappa shape index (κ3) is 6.61. The van der Waals surface area contributed by atoms with Crippen LogP contribution in [0.5, 0.6) is 0 Å². The fourth-order valence-corrected chi connectivity index (χ4v) is 2.85. The molecule has 3 N–H and O–H groups in total. The molecule has 0 heterocycles. The van der Waals surface area contributed by atoms with E-state index < -0.39 is 46.7 Å². The van der Waals surface area contributed by atoms with Crippen molar-refractivity contribution in [2.45, 2.75) is 37.3 Å². The Bertz CT molecular complexity index is 721. The van der Waals surface area contributed by atoms with Crippen molar-refractivity contribution >= 4 is 35.5 Å². The molecule has 0 fully saturated rings. The SMILES string of the molecule is COC(=O)c1ccc(SC[C@H](NC(=O)OC(C)(C)C)C(=O)O)c(N[O-])c1F. The van der Waals surface area contributed by atoms with Crippen LogP contribution in [-0.4, -0.2) is 47.6 Å². The second-order valence-electron chi connectivity index (χ2n) is 6.24. The molecule has 0 aliphatic carbocycles. The number of methoxy groups -OCH3 is 1. The molecule has 0 aliphatic rings. The first-order chi connectivity index (χ1) is 12.5. The summed E-state index contributed by atoms with van der Waals surface area (Å²) in [6.07, 6.45) is -0.926. The van der Waals surface area contributed by atoms with Crippen molar-refractivity contribution in [3.63, 3.8) is 0 Å². The van der Waals surface area contributed by atoms with Crippen LogP contribution in [0.25, 0.3) is 0 Å². The second-order valence-corrected chi connectivity index (χ2v) is 7.30. The summed E-state index contributed by atoms with van der Waals surface area (Å²) in [5, 5.41) is 22.5. The van der Waals surface area contributed by atoms with E-state index in [2.05, 4.69) is 10.1 Å². The molecule has 0 radical (unpaired) electrons. The summed E-state index contributed by atoms with van der Waals surface area (Å²) in [4.78, 5) is 34.6. The first kappa shape index (κ1) is 22.5. The van der Waals surface area contributed by atoms with Gasteiger partial charge in [0.2, 0.25) is 0 Å². The number of anilines is 1. The zero-order valence-corrected chi connectivity index (χ0v) is 15.9. The molecule has 0 saturated heterocycles. The highest BCUT2D eigenvalue weighted by Gasteiger charge is 2.25. The highest BCUT2D eigenvalue weighted by Crippen LogP contribution is 2.32. The molecule has 0 bridgehead atoms. The first-order valence-corrected chi connectivity index (χ1v) is 8.62. The van der Waals surface area contributed by atoms with Crippen LogP contribution in [0.15, 0.2) is 17.0 Å². The molecule has 9 nitrogen and oxygen atoms in total. The fourth-order valence-electron chi connectivity index (χ4n) is 1.84. The highest BCUT2D eigenvalue weighted by atomic mass is 32.2. The smallest absolute Gasteiger partial charge is 0.408 e. The van der Waals surface area contributed by atoms with Crippen LogP contribution in [0.2, 0.25) is 0 Å². The number of ether oxygens (including phenoxy) is 2. The molecule has 0 unspecified atom stereocenters. The van der Waals surface area contributed by atoms with Gasteiger partial charge in [0.15, 0.2) is 5.82 Å². The maximum Gasteiger partial charge on any atom is 0.408 e. The lowest BCUT2D eigenvalue weighted by Gasteiger charge is -2.22. The van der Waals surface area contributed by atoms with Crippen molar-refractivity contribution in [2.24, 2.45) is 0 Å². The molecule has 1 aromatic rings. The number of carboxylic acid groups (broad SMARTS) is 1. The fraction of sp³-hybridized carbons (Fsp3) is 0.438. The average molecular weight is 403 g/mol. The molecule has 150 valence electrons. The predicted molar refractivity (Wildman–Crippen MR) is 96.2 cm³/mol. The van der Waals surface area contributed by atoms with E-state index in [9.17, 15) is 29.1 Å². The highest BCUT2D eigenvalue weighted by molar-refractivity contribution is 7.99. The average Bonchev–Trinajstić information content (AvgIpc) is 2.56. The Morgan fingerprint density at radius 2 is 1.96 bits per heavy atom. The number of rotatable bonds is 7. The Labute approximate surface area is 159 Å². The van der Waals surface area contributed by atoms with Gasteiger partial charge in [0.05, 0.1) is 18.4 Å². The van der Waals surface area contributed by atoms with Gasteiger partial charge in [-0.05, 0) is 32.9 Å². The quantitative estimate of drug-likeness (QED) is 0.356. The maximum absolute atomic E-state index is 14.3. The maximum atomic E-state index is 14.3. The molecule has 1 amide bonds. The molecule has 27 heavy (non-hydrogen) atoms. The van der Waals surface area contributed by atoms with Crippen molar-refractivity contribution < 1.29 is 33.4 Å². The van der Waals surface area contributed by atoms with Gasteiger partial charge >= 0.3 is 18.0 Å². The third-order valence-corrected chi connectivity index (χ3v) is 4.16. The minimum Gasteiger partial charge on any atom is -0.761 e. The van der Waals surface area contributed by atoms with E-state index in [-0.39, 0.29) is 10.6 Å². The summed E-state index contributed by atoms with van der Waals surface area (Å²) in [6.45, 7) is 4.86. The van der Waals surface area contributed by atoms with E-state index in [0.717, 1.165) is 24.9 Å². The number of alkyl carbamates (subject to hydrolysis) is 1. The van der Waals surface area contributed by atoms with Gasteiger partial charge in [-0.3, -0.25) is 0 Å². The normalized spacial score (nSPS) is 12.1. The molecular weight excluding hydrogens is 383 g/mol. The summed E-state index contributed by atoms with van der Waals surface area (Å²) in [6, 6.07) is 1.03. The zero-order chi connectivity index (χ0) is 20.8. The number of nitrogens with one attached hydrogen (secondary N) is 2. The van der Waals surface area contributed by atoms with E-state index >= 15 is 0 Å². The summed E-state index contributed by atoms with van der Waals surface area (Å²) < 4.78 is 23.7. The van der Waals surface area contributed by atoms with E-state index in [1.165, 1.54) is 11.5 Å². The minimum atomic E-state index is -1.35. The molecule has 1 atom stereocenters. The van der Waals surface area contributed by atoms with Gasteiger partial charge in [0.25, 0.3) is 0 Å². The monoisotopic (exact) mass is 403 g/mol. The van der Waals surface area contributed by atoms with Crippen molar-refractivity contribution in [1.82, 2.24) is 5.32 Å². The topological polar surface area (TPSA) is 137 Å². The molecule has 1 aromatic carbocycles. The van der Waals surface area contributed by atoms with Crippen molar-refractivity contribution in [3.8, 4) is 0 Å². The Kier molecular flexibility index (Phi) is 7.85. The lowest BCUT2D eigenvalue weighted by atomic mass is 10.2. The summed E-state index contributed by atoms with van der Waals surface area (Å²) in [5.74, 6) is -3.64. The second kappa shape index (κ2) is 9.42. The Morgan fingerprint density at radius 1 is 1.33 bits per heavy atom. The molecule has 1 rings (SSSR count). The molecule has 0 aromatic heterocycles. The lowest BCUT2D eigenvalue weighted by molar-refractivity contribution is -0.138. The first-order valence-electron chi connectivity index (χ1n) is 7.64. The zero-order valence-electron chi connectivity index (χ0n) is 15.1. The summed E-state index contributed by atoms with van der Waals surface area (Å²) in [5.41, 5.74) is -0.384. The van der Waals surface area contributed by atoms with Crippen LogP contribution >= 0.6 is 11.8 Å². The third-order valence-electron chi connectivity index (χ3n) is 3.01. The van der Waals surface area contributed by atoms with Crippen molar-refractivity contribution in [3.05, 3.63) is 28.7 Å². The molecular formula is C16H20FN2O7S-. The molecule has 0 aliphatic heterocycles. The Balaban J connectivity index is 2.93. The van der Waals surface area contributed by atoms with Crippen LogP contribution in [0.4, 0.5) is 14.9 Å². The Hall–Kier alpha value is -2.53. The van der Waals surface area contributed by atoms with Gasteiger partial charge in [-0.2, -0.15) is 0 Å². The van der Waals surface area contributed by atoms with Gasteiger partial charge < -0.3 is 30.6 Å². The number of hydrogen-bond donors (Lipinski definition) is 3. The van der Waals surface area contributed by atoms with Gasteiger partial charge in [0.1, 0.15) is 11.6 Å². The standard InChI is InChI=1S/C16H20FN2O7S/c1-16(2,3)26-15(23)18-9(13(20)21)7-27-10-6-5-8(14(22)25-4)11(17)12(10)19-24/h5-6,9,19H,7H2,1-4H3,(H,18,23)(H,20,21)/q-1/t9-/m0/s1. The molecule has 0 spiro atoms. The number of halogens is 1. The number of esters is 1. The van der Waals surface area contributed by atoms with E-state index in [0.29, 0.717) is 0 Å². The van der Waals surface area contributed by atoms with Crippen molar-refractivity contribution in [1.29, 1.82) is 0 Å². The molecule has 0 saturated carbocycles. The Morgan fingerprint density at radius 3 is 2.44 bits per heavy atom. The van der Waals surface area contributed by atoms with Gasteiger partial charge in [0, 0.05) is 10.6 Å². The summed E-state index contributed by atoms with van der Waals surface area (Å²) >= 11 is 0.804.